The van der Waals surface area contributed by atoms with E-state index in [4.69, 9.17) is 0 Å². The van der Waals surface area contributed by atoms with Crippen molar-refractivity contribution in [2.24, 2.45) is 5.41 Å². The molecule has 20 heavy (non-hydrogen) atoms. The standard InChI is InChI=1S/C14H22N6/c1-11-8-12(20-13(18-11)16-10-17-20)15-9-14(2)4-6-19(3)7-5-14/h8,10,15H,4-7,9H2,1-3H3. The molecule has 0 bridgehead atoms. The normalized spacial score (nSPS) is 19.4. The van der Waals surface area contributed by atoms with Crippen molar-refractivity contribution < 1.29 is 0 Å². The van der Waals surface area contributed by atoms with Crippen LogP contribution < -0.4 is 5.32 Å². The molecule has 0 amide bonds. The smallest absolute Gasteiger partial charge is 0.254 e. The van der Waals surface area contributed by atoms with Gasteiger partial charge in [0.1, 0.15) is 12.1 Å². The van der Waals surface area contributed by atoms with Crippen molar-refractivity contribution in [1.29, 1.82) is 0 Å². The fraction of sp³-hybridized carbons (Fsp3) is 0.643. The van der Waals surface area contributed by atoms with E-state index in [-0.39, 0.29) is 0 Å². The van der Waals surface area contributed by atoms with Gasteiger partial charge in [-0.3, -0.25) is 0 Å². The second-order valence-electron chi connectivity index (χ2n) is 6.22. The number of aromatic nitrogens is 4. The van der Waals surface area contributed by atoms with Crippen molar-refractivity contribution in [3.05, 3.63) is 18.1 Å². The molecule has 3 heterocycles. The van der Waals surface area contributed by atoms with Gasteiger partial charge in [0.05, 0.1) is 0 Å². The Kier molecular flexibility index (Phi) is 3.33. The van der Waals surface area contributed by atoms with Gasteiger partial charge in [-0.1, -0.05) is 6.92 Å². The Labute approximate surface area is 119 Å². The first-order chi connectivity index (χ1) is 9.56. The number of rotatable bonds is 3. The molecule has 0 unspecified atom stereocenters. The Balaban J connectivity index is 1.75. The lowest BCUT2D eigenvalue weighted by Gasteiger charge is -2.38. The summed E-state index contributed by atoms with van der Waals surface area (Å²) in [5.41, 5.74) is 1.30. The third kappa shape index (κ3) is 2.60. The molecule has 1 saturated heterocycles. The van der Waals surface area contributed by atoms with Crippen LogP contribution >= 0.6 is 0 Å². The van der Waals surface area contributed by atoms with Crippen molar-refractivity contribution in [2.75, 3.05) is 32.0 Å². The highest BCUT2D eigenvalue weighted by molar-refractivity contribution is 5.44. The van der Waals surface area contributed by atoms with Crippen LogP contribution in [0.1, 0.15) is 25.5 Å². The number of fused-ring (bicyclic) bond motifs is 1. The predicted octanol–water partition coefficient (Wildman–Crippen LogP) is 1.58. The quantitative estimate of drug-likeness (QED) is 0.921. The molecule has 2 aromatic heterocycles. The molecule has 1 aliphatic heterocycles. The first-order valence-corrected chi connectivity index (χ1v) is 7.16. The second-order valence-corrected chi connectivity index (χ2v) is 6.22. The summed E-state index contributed by atoms with van der Waals surface area (Å²) in [6, 6.07) is 2.03. The summed E-state index contributed by atoms with van der Waals surface area (Å²) in [7, 11) is 2.19. The van der Waals surface area contributed by atoms with E-state index in [1.165, 1.54) is 25.9 Å². The average molecular weight is 274 g/mol. The topological polar surface area (TPSA) is 58.4 Å². The Bertz CT molecular complexity index is 597. The molecule has 0 atom stereocenters. The van der Waals surface area contributed by atoms with Crippen LogP contribution in [0, 0.1) is 12.3 Å². The molecular formula is C14H22N6. The van der Waals surface area contributed by atoms with Gasteiger partial charge in [0.2, 0.25) is 0 Å². The van der Waals surface area contributed by atoms with Gasteiger partial charge in [-0.2, -0.15) is 14.6 Å². The zero-order chi connectivity index (χ0) is 14.2. The molecule has 0 aliphatic carbocycles. The van der Waals surface area contributed by atoms with E-state index in [0.717, 1.165) is 18.1 Å². The van der Waals surface area contributed by atoms with E-state index in [2.05, 4.69) is 39.3 Å². The predicted molar refractivity (Wildman–Crippen MR) is 78.8 cm³/mol. The van der Waals surface area contributed by atoms with Crippen molar-refractivity contribution in [2.45, 2.75) is 26.7 Å². The Morgan fingerprint density at radius 1 is 1.35 bits per heavy atom. The minimum Gasteiger partial charge on any atom is -0.369 e. The molecule has 0 spiro atoms. The van der Waals surface area contributed by atoms with Gasteiger partial charge in [-0.15, -0.1) is 0 Å². The highest BCUT2D eigenvalue weighted by Crippen LogP contribution is 2.30. The van der Waals surface area contributed by atoms with E-state index in [0.29, 0.717) is 11.2 Å². The maximum Gasteiger partial charge on any atom is 0.254 e. The number of likely N-dealkylation sites (tertiary alicyclic amines) is 1. The first kappa shape index (κ1) is 13.3. The number of hydrogen-bond donors (Lipinski definition) is 1. The number of anilines is 1. The van der Waals surface area contributed by atoms with E-state index in [1.807, 2.05) is 13.0 Å². The highest BCUT2D eigenvalue weighted by Gasteiger charge is 2.28. The molecule has 1 aliphatic rings. The molecule has 1 fully saturated rings. The molecule has 0 radical (unpaired) electrons. The molecule has 0 saturated carbocycles. The molecule has 0 aromatic carbocycles. The summed E-state index contributed by atoms with van der Waals surface area (Å²) in [5.74, 6) is 1.63. The van der Waals surface area contributed by atoms with Crippen molar-refractivity contribution >= 4 is 11.6 Å². The van der Waals surface area contributed by atoms with Crippen LogP contribution in [0.2, 0.25) is 0 Å². The van der Waals surface area contributed by atoms with Crippen LogP contribution in [-0.4, -0.2) is 51.2 Å². The lowest BCUT2D eigenvalue weighted by Crippen LogP contribution is -2.40. The summed E-state index contributed by atoms with van der Waals surface area (Å²) < 4.78 is 1.77. The lowest BCUT2D eigenvalue weighted by molar-refractivity contribution is 0.150. The average Bonchev–Trinajstić information content (AvgIpc) is 2.88. The maximum absolute atomic E-state index is 4.36. The van der Waals surface area contributed by atoms with E-state index in [9.17, 15) is 0 Å². The summed E-state index contributed by atoms with van der Waals surface area (Å²) in [5, 5.41) is 7.77. The number of aryl methyl sites for hydroxylation is 1. The number of nitrogens with zero attached hydrogens (tertiary/aromatic N) is 5. The van der Waals surface area contributed by atoms with E-state index < -0.39 is 0 Å². The van der Waals surface area contributed by atoms with Crippen LogP contribution in [0.25, 0.3) is 5.78 Å². The van der Waals surface area contributed by atoms with Crippen molar-refractivity contribution in [3.63, 3.8) is 0 Å². The van der Waals surface area contributed by atoms with Crippen LogP contribution in [0.4, 0.5) is 5.82 Å². The molecule has 6 nitrogen and oxygen atoms in total. The monoisotopic (exact) mass is 274 g/mol. The summed E-state index contributed by atoms with van der Waals surface area (Å²) in [4.78, 5) is 10.9. The van der Waals surface area contributed by atoms with Gasteiger partial charge in [0, 0.05) is 18.3 Å². The SMILES string of the molecule is Cc1cc(NCC2(C)CCN(C)CC2)n2ncnc2n1. The van der Waals surface area contributed by atoms with Gasteiger partial charge in [-0.25, -0.2) is 4.98 Å². The number of piperidine rings is 1. The molecule has 3 rings (SSSR count). The Morgan fingerprint density at radius 3 is 2.85 bits per heavy atom. The van der Waals surface area contributed by atoms with Gasteiger partial charge in [-0.05, 0) is 45.3 Å². The van der Waals surface area contributed by atoms with Gasteiger partial charge < -0.3 is 10.2 Å². The van der Waals surface area contributed by atoms with Crippen molar-refractivity contribution in [1.82, 2.24) is 24.5 Å². The molecule has 108 valence electrons. The highest BCUT2D eigenvalue weighted by atomic mass is 15.3. The minimum absolute atomic E-state index is 0.344. The van der Waals surface area contributed by atoms with E-state index in [1.54, 1.807) is 10.8 Å². The van der Waals surface area contributed by atoms with Crippen LogP contribution in [0.5, 0.6) is 0 Å². The largest absolute Gasteiger partial charge is 0.369 e. The molecule has 6 heteroatoms. The molecule has 1 N–H and O–H groups in total. The fourth-order valence-corrected chi connectivity index (χ4v) is 2.70. The number of hydrogen-bond acceptors (Lipinski definition) is 5. The van der Waals surface area contributed by atoms with Crippen LogP contribution in [-0.2, 0) is 0 Å². The third-order valence-corrected chi connectivity index (χ3v) is 4.27. The zero-order valence-electron chi connectivity index (χ0n) is 12.4. The summed E-state index contributed by atoms with van der Waals surface area (Å²) >= 11 is 0. The van der Waals surface area contributed by atoms with Crippen molar-refractivity contribution in [3.8, 4) is 0 Å². The van der Waals surface area contributed by atoms with Gasteiger partial charge >= 0.3 is 0 Å². The molecule has 2 aromatic rings. The minimum atomic E-state index is 0.344. The first-order valence-electron chi connectivity index (χ1n) is 7.16. The maximum atomic E-state index is 4.36. The Morgan fingerprint density at radius 2 is 2.10 bits per heavy atom. The lowest BCUT2D eigenvalue weighted by atomic mass is 9.80. The zero-order valence-corrected chi connectivity index (χ0v) is 12.4. The summed E-state index contributed by atoms with van der Waals surface area (Å²) in [6.45, 7) is 7.65. The molecular weight excluding hydrogens is 252 g/mol. The number of nitrogens with one attached hydrogen (secondary N) is 1. The van der Waals surface area contributed by atoms with Gasteiger partial charge in [0.25, 0.3) is 5.78 Å². The Hall–Kier alpha value is -1.69. The fourth-order valence-electron chi connectivity index (χ4n) is 2.70. The third-order valence-electron chi connectivity index (χ3n) is 4.27. The van der Waals surface area contributed by atoms with E-state index >= 15 is 0 Å². The summed E-state index contributed by atoms with van der Waals surface area (Å²) in [6.07, 6.45) is 3.99. The second kappa shape index (κ2) is 5.01. The van der Waals surface area contributed by atoms with Gasteiger partial charge in [0.15, 0.2) is 0 Å². The van der Waals surface area contributed by atoms with Crippen LogP contribution in [0.15, 0.2) is 12.4 Å². The van der Waals surface area contributed by atoms with Crippen LogP contribution in [0.3, 0.4) is 0 Å².